The number of amides is 3. The fourth-order valence-electron chi connectivity index (χ4n) is 2.98. The van der Waals surface area contributed by atoms with E-state index in [0.717, 1.165) is 11.1 Å². The minimum Gasteiger partial charge on any atom is -0.444 e. The van der Waals surface area contributed by atoms with E-state index >= 15 is 0 Å². The van der Waals surface area contributed by atoms with Crippen molar-refractivity contribution in [1.29, 1.82) is 0 Å². The molecule has 0 aromatic heterocycles. The monoisotopic (exact) mass is 419 g/mol. The number of nitrogens with zero attached hydrogens (tertiary/aromatic N) is 1. The molecule has 2 N–H and O–H groups in total. The van der Waals surface area contributed by atoms with Crippen LogP contribution in [0, 0.1) is 6.92 Å². The highest BCUT2D eigenvalue weighted by molar-refractivity contribution is 5.91. The molecule has 0 spiro atoms. The highest BCUT2D eigenvalue weighted by atomic mass is 16.6. The van der Waals surface area contributed by atoms with Crippen molar-refractivity contribution in [2.75, 3.05) is 13.1 Å². The van der Waals surface area contributed by atoms with Crippen LogP contribution in [0.1, 0.15) is 72.1 Å². The highest BCUT2D eigenvalue weighted by Gasteiger charge is 2.33. The number of ether oxygens (including phenoxy) is 1. The van der Waals surface area contributed by atoms with Gasteiger partial charge in [0.1, 0.15) is 18.2 Å². The lowest BCUT2D eigenvalue weighted by atomic mass is 9.97. The number of rotatable bonds is 7. The second kappa shape index (κ2) is 10.5. The van der Waals surface area contributed by atoms with Crippen LogP contribution in [0.25, 0.3) is 0 Å². The molecule has 0 fully saturated rings. The summed E-state index contributed by atoms with van der Waals surface area (Å²) in [6.07, 6.45) is 0.00230. The first-order chi connectivity index (χ1) is 13.7. The molecule has 1 aromatic rings. The lowest BCUT2D eigenvalue weighted by molar-refractivity contribution is -0.141. The van der Waals surface area contributed by atoms with Crippen molar-refractivity contribution < 1.29 is 19.1 Å². The van der Waals surface area contributed by atoms with E-state index in [-0.39, 0.29) is 18.4 Å². The SMILES string of the molecule is CCCN(C(=O)CNC(=O)OC(C)(C)C)C(C(=O)NC(C)(C)C)c1ccccc1C. The minimum atomic E-state index is -0.793. The molecule has 0 bridgehead atoms. The number of nitrogens with one attached hydrogen (secondary N) is 2. The van der Waals surface area contributed by atoms with Gasteiger partial charge in [0, 0.05) is 12.1 Å². The molecule has 0 radical (unpaired) electrons. The van der Waals surface area contributed by atoms with Gasteiger partial charge < -0.3 is 20.3 Å². The third kappa shape index (κ3) is 8.43. The summed E-state index contributed by atoms with van der Waals surface area (Å²) in [7, 11) is 0. The van der Waals surface area contributed by atoms with Crippen LogP contribution in [-0.2, 0) is 14.3 Å². The van der Waals surface area contributed by atoms with Gasteiger partial charge in [0.25, 0.3) is 0 Å². The highest BCUT2D eigenvalue weighted by Crippen LogP contribution is 2.25. The van der Waals surface area contributed by atoms with Gasteiger partial charge in [-0.15, -0.1) is 0 Å². The molecule has 168 valence electrons. The van der Waals surface area contributed by atoms with Crippen LogP contribution in [0.3, 0.4) is 0 Å². The largest absolute Gasteiger partial charge is 0.444 e. The zero-order chi connectivity index (χ0) is 23.1. The van der Waals surface area contributed by atoms with E-state index in [1.807, 2.05) is 58.9 Å². The Labute approximate surface area is 180 Å². The van der Waals surface area contributed by atoms with Crippen LogP contribution in [-0.4, -0.2) is 47.0 Å². The summed E-state index contributed by atoms with van der Waals surface area (Å²) in [5.74, 6) is -0.601. The molecule has 7 nitrogen and oxygen atoms in total. The Bertz CT molecular complexity index is 748. The van der Waals surface area contributed by atoms with E-state index in [9.17, 15) is 14.4 Å². The predicted molar refractivity (Wildman–Crippen MR) is 118 cm³/mol. The maximum atomic E-state index is 13.2. The molecule has 0 saturated carbocycles. The third-order valence-corrected chi connectivity index (χ3v) is 4.11. The van der Waals surface area contributed by atoms with Gasteiger partial charge in [0.15, 0.2) is 0 Å². The molecule has 3 amide bonds. The van der Waals surface area contributed by atoms with E-state index in [4.69, 9.17) is 4.74 Å². The number of carbonyl (C=O) groups excluding carboxylic acids is 3. The fraction of sp³-hybridized carbons (Fsp3) is 0.609. The molecule has 0 aliphatic heterocycles. The van der Waals surface area contributed by atoms with Crippen LogP contribution in [0.5, 0.6) is 0 Å². The van der Waals surface area contributed by atoms with Gasteiger partial charge in [-0.3, -0.25) is 9.59 Å². The second-order valence-corrected chi connectivity index (χ2v) is 9.44. The van der Waals surface area contributed by atoms with Gasteiger partial charge >= 0.3 is 6.09 Å². The van der Waals surface area contributed by atoms with Gasteiger partial charge in [-0.2, -0.15) is 0 Å². The lowest BCUT2D eigenvalue weighted by Crippen LogP contribution is -2.51. The van der Waals surface area contributed by atoms with Crippen molar-refractivity contribution >= 4 is 17.9 Å². The molecule has 0 saturated heterocycles. The first kappa shape index (κ1) is 25.5. The Balaban J connectivity index is 3.17. The first-order valence-corrected chi connectivity index (χ1v) is 10.4. The van der Waals surface area contributed by atoms with E-state index < -0.39 is 23.3 Å². The van der Waals surface area contributed by atoms with Gasteiger partial charge in [-0.25, -0.2) is 4.79 Å². The zero-order valence-electron chi connectivity index (χ0n) is 19.6. The number of aryl methyl sites for hydroxylation is 1. The maximum Gasteiger partial charge on any atom is 0.408 e. The van der Waals surface area contributed by atoms with Crippen molar-refractivity contribution in [2.24, 2.45) is 0 Å². The van der Waals surface area contributed by atoms with Crippen molar-refractivity contribution in [1.82, 2.24) is 15.5 Å². The molecule has 0 aliphatic rings. The Morgan fingerprint density at radius 1 is 1.07 bits per heavy atom. The summed E-state index contributed by atoms with van der Waals surface area (Å²) in [6, 6.07) is 6.74. The topological polar surface area (TPSA) is 87.7 Å². The predicted octanol–water partition coefficient (Wildman–Crippen LogP) is 3.71. The molecule has 1 atom stereocenters. The molecule has 30 heavy (non-hydrogen) atoms. The molecular weight excluding hydrogens is 382 g/mol. The summed E-state index contributed by atoms with van der Waals surface area (Å²) in [5, 5.41) is 5.49. The van der Waals surface area contributed by atoms with Crippen LogP contribution >= 0.6 is 0 Å². The summed E-state index contributed by atoms with van der Waals surface area (Å²) in [6.45, 7) is 14.9. The van der Waals surface area contributed by atoms with Gasteiger partial charge in [0.2, 0.25) is 11.8 Å². The van der Waals surface area contributed by atoms with Crippen molar-refractivity contribution in [3.63, 3.8) is 0 Å². The molecule has 0 heterocycles. The van der Waals surface area contributed by atoms with E-state index in [1.54, 1.807) is 20.8 Å². The lowest BCUT2D eigenvalue weighted by Gasteiger charge is -2.34. The molecule has 1 unspecified atom stereocenters. The smallest absolute Gasteiger partial charge is 0.408 e. The molecule has 1 rings (SSSR count). The number of benzene rings is 1. The fourth-order valence-corrected chi connectivity index (χ4v) is 2.98. The maximum absolute atomic E-state index is 13.2. The van der Waals surface area contributed by atoms with Crippen molar-refractivity contribution in [3.05, 3.63) is 35.4 Å². The zero-order valence-corrected chi connectivity index (χ0v) is 19.6. The molecule has 0 aliphatic carbocycles. The quantitative estimate of drug-likeness (QED) is 0.705. The second-order valence-electron chi connectivity index (χ2n) is 9.44. The standard InChI is InChI=1S/C23H37N3O4/c1-9-14-26(18(27)15-24-21(29)30-23(6,7)8)19(20(28)25-22(3,4)5)17-13-11-10-12-16(17)2/h10-13,19H,9,14-15H2,1-8H3,(H,24,29)(H,25,28). The first-order valence-electron chi connectivity index (χ1n) is 10.4. The van der Waals surface area contributed by atoms with Crippen LogP contribution in [0.2, 0.25) is 0 Å². The van der Waals surface area contributed by atoms with Crippen LogP contribution in [0.15, 0.2) is 24.3 Å². The third-order valence-electron chi connectivity index (χ3n) is 4.11. The number of alkyl carbamates (subject to hydrolysis) is 1. The van der Waals surface area contributed by atoms with Crippen LogP contribution in [0.4, 0.5) is 4.79 Å². The summed E-state index contributed by atoms with van der Waals surface area (Å²) < 4.78 is 5.21. The average Bonchev–Trinajstić information content (AvgIpc) is 2.57. The molecular formula is C23H37N3O4. The number of hydrogen-bond donors (Lipinski definition) is 2. The van der Waals surface area contributed by atoms with Gasteiger partial charge in [0.05, 0.1) is 0 Å². The Morgan fingerprint density at radius 2 is 1.67 bits per heavy atom. The number of hydrogen-bond acceptors (Lipinski definition) is 4. The summed E-state index contributed by atoms with van der Waals surface area (Å²) in [4.78, 5) is 39.8. The van der Waals surface area contributed by atoms with Crippen LogP contribution < -0.4 is 10.6 Å². The normalized spacial score (nSPS) is 12.7. The average molecular weight is 420 g/mol. The van der Waals surface area contributed by atoms with E-state index in [1.165, 1.54) is 4.90 Å². The Kier molecular flexibility index (Phi) is 8.88. The summed E-state index contributed by atoms with van der Waals surface area (Å²) in [5.41, 5.74) is 0.569. The van der Waals surface area contributed by atoms with Crippen molar-refractivity contribution in [3.8, 4) is 0 Å². The molecule has 7 heteroatoms. The Hall–Kier alpha value is -2.57. The Morgan fingerprint density at radius 3 is 2.17 bits per heavy atom. The van der Waals surface area contributed by atoms with Gasteiger partial charge in [-0.1, -0.05) is 31.2 Å². The number of carbonyl (C=O) groups is 3. The van der Waals surface area contributed by atoms with E-state index in [0.29, 0.717) is 13.0 Å². The molecule has 1 aromatic carbocycles. The minimum absolute atomic E-state index is 0.250. The summed E-state index contributed by atoms with van der Waals surface area (Å²) >= 11 is 0. The van der Waals surface area contributed by atoms with Crippen molar-refractivity contribution in [2.45, 2.75) is 79.0 Å². The van der Waals surface area contributed by atoms with Gasteiger partial charge in [-0.05, 0) is 66.0 Å². The van der Waals surface area contributed by atoms with E-state index in [2.05, 4.69) is 10.6 Å².